The van der Waals surface area contributed by atoms with Gasteiger partial charge in [-0.15, -0.1) is 5.10 Å². The van der Waals surface area contributed by atoms with Crippen molar-refractivity contribution in [3.63, 3.8) is 0 Å². The fraction of sp³-hybridized carbons (Fsp3) is 0.643. The van der Waals surface area contributed by atoms with Crippen molar-refractivity contribution in [2.45, 2.75) is 45.6 Å². The molecule has 0 bridgehead atoms. The van der Waals surface area contributed by atoms with Crippen molar-refractivity contribution >= 4 is 23.0 Å². The van der Waals surface area contributed by atoms with Gasteiger partial charge < -0.3 is 15.7 Å². The first-order chi connectivity index (χ1) is 9.32. The van der Waals surface area contributed by atoms with Crippen LogP contribution in [0.5, 0.6) is 0 Å². The molecule has 1 aromatic rings. The molecule has 1 unspecified atom stereocenters. The lowest BCUT2D eigenvalue weighted by Crippen LogP contribution is -2.31. The molecule has 3 N–H and O–H groups in total. The molecule has 0 aliphatic carbocycles. The molecule has 1 aliphatic rings. The largest absolute Gasteiger partial charge is 0.390 e. The molecule has 5 nitrogen and oxygen atoms in total. The first-order valence-corrected chi connectivity index (χ1v) is 7.34. The highest BCUT2D eigenvalue weighted by atomic mass is 32.1. The molecule has 0 spiro atoms. The van der Waals surface area contributed by atoms with Gasteiger partial charge in [0.15, 0.2) is 5.82 Å². The van der Waals surface area contributed by atoms with Gasteiger partial charge >= 0.3 is 0 Å². The number of nitrogens with two attached hydrogens (primary N) is 1. The lowest BCUT2D eigenvalue weighted by atomic mass is 9.98. The Bertz CT molecular complexity index is 530. The molecule has 2 rings (SSSR count). The third-order valence-electron chi connectivity index (χ3n) is 4.05. The molecule has 0 amide bonds. The van der Waals surface area contributed by atoms with Gasteiger partial charge in [0.25, 0.3) is 0 Å². The quantitative estimate of drug-likeness (QED) is 0.805. The van der Waals surface area contributed by atoms with Crippen molar-refractivity contribution in [1.82, 2.24) is 10.2 Å². The molecule has 1 aliphatic heterocycles. The summed E-state index contributed by atoms with van der Waals surface area (Å²) in [6.07, 6.45) is 2.42. The van der Waals surface area contributed by atoms with Gasteiger partial charge in [0.1, 0.15) is 4.99 Å². The van der Waals surface area contributed by atoms with Gasteiger partial charge in [0.2, 0.25) is 0 Å². The second kappa shape index (κ2) is 5.61. The fourth-order valence-corrected chi connectivity index (χ4v) is 2.83. The minimum Gasteiger partial charge on any atom is -0.390 e. The van der Waals surface area contributed by atoms with Crippen molar-refractivity contribution in [3.8, 4) is 0 Å². The van der Waals surface area contributed by atoms with Crippen molar-refractivity contribution in [2.24, 2.45) is 5.73 Å². The molecule has 0 aromatic carbocycles. The van der Waals surface area contributed by atoms with Gasteiger partial charge in [-0.3, -0.25) is 0 Å². The van der Waals surface area contributed by atoms with Crippen LogP contribution in [-0.4, -0.2) is 39.0 Å². The van der Waals surface area contributed by atoms with Gasteiger partial charge in [0, 0.05) is 13.1 Å². The molecule has 6 heteroatoms. The monoisotopic (exact) mass is 294 g/mol. The minimum atomic E-state index is -0.606. The first-order valence-electron chi connectivity index (χ1n) is 6.93. The van der Waals surface area contributed by atoms with Crippen LogP contribution in [-0.2, 0) is 0 Å². The van der Waals surface area contributed by atoms with Gasteiger partial charge in [-0.05, 0) is 45.6 Å². The number of anilines is 1. The molecule has 2 heterocycles. The van der Waals surface area contributed by atoms with Crippen LogP contribution >= 0.6 is 12.2 Å². The molecule has 110 valence electrons. The molecule has 0 saturated carbocycles. The zero-order valence-corrected chi connectivity index (χ0v) is 13.1. The zero-order chi connectivity index (χ0) is 14.9. The Balaban J connectivity index is 2.38. The highest BCUT2D eigenvalue weighted by Gasteiger charge is 2.27. The number of rotatable bonds is 2. The fourth-order valence-electron chi connectivity index (χ4n) is 2.59. The maximum absolute atomic E-state index is 10.2. The lowest BCUT2D eigenvalue weighted by molar-refractivity contribution is 0.0481. The van der Waals surface area contributed by atoms with Gasteiger partial charge in [-0.25, -0.2) is 0 Å². The van der Waals surface area contributed by atoms with Crippen molar-refractivity contribution < 1.29 is 5.11 Å². The highest BCUT2D eigenvalue weighted by molar-refractivity contribution is 7.80. The molecule has 1 atom stereocenters. The summed E-state index contributed by atoms with van der Waals surface area (Å²) in [7, 11) is 0. The normalized spacial score (nSPS) is 23.5. The van der Waals surface area contributed by atoms with E-state index in [0.717, 1.165) is 48.6 Å². The third-order valence-corrected chi connectivity index (χ3v) is 4.25. The van der Waals surface area contributed by atoms with Crippen LogP contribution in [0.3, 0.4) is 0 Å². The summed E-state index contributed by atoms with van der Waals surface area (Å²) < 4.78 is 0. The van der Waals surface area contributed by atoms with Gasteiger partial charge in [0.05, 0.1) is 16.9 Å². The van der Waals surface area contributed by atoms with Crippen molar-refractivity contribution in [2.75, 3.05) is 18.0 Å². The standard InChI is InChI=1S/C14H22N4OS/c1-9-10(2)16-17-13(11(9)12(15)20)18-7-4-5-14(3,19)6-8-18/h19H,4-8H2,1-3H3,(H2,15,20). The molecule has 1 aromatic heterocycles. The third kappa shape index (κ3) is 3.07. The predicted molar refractivity (Wildman–Crippen MR) is 84.1 cm³/mol. The Morgan fingerprint density at radius 3 is 2.65 bits per heavy atom. The summed E-state index contributed by atoms with van der Waals surface area (Å²) in [4.78, 5) is 2.49. The van der Waals surface area contributed by atoms with E-state index in [1.54, 1.807) is 0 Å². The van der Waals surface area contributed by atoms with Crippen LogP contribution in [0.1, 0.15) is 43.0 Å². The molecular formula is C14H22N4OS. The van der Waals surface area contributed by atoms with Crippen LogP contribution in [0, 0.1) is 13.8 Å². The molecular weight excluding hydrogens is 272 g/mol. The second-order valence-electron chi connectivity index (χ2n) is 5.81. The average molecular weight is 294 g/mol. The number of aliphatic hydroxyl groups is 1. The Labute approximate surface area is 125 Å². The predicted octanol–water partition coefficient (Wildman–Crippen LogP) is 1.47. The maximum atomic E-state index is 10.2. The minimum absolute atomic E-state index is 0.353. The topological polar surface area (TPSA) is 75.3 Å². The van der Waals surface area contributed by atoms with Crippen LogP contribution in [0.25, 0.3) is 0 Å². The van der Waals surface area contributed by atoms with E-state index >= 15 is 0 Å². The van der Waals surface area contributed by atoms with E-state index < -0.39 is 5.60 Å². The Morgan fingerprint density at radius 1 is 1.30 bits per heavy atom. The van der Waals surface area contributed by atoms with Crippen LogP contribution < -0.4 is 10.6 Å². The molecule has 20 heavy (non-hydrogen) atoms. The van der Waals surface area contributed by atoms with E-state index in [1.807, 2.05) is 20.8 Å². The van der Waals surface area contributed by atoms with E-state index in [2.05, 4.69) is 15.1 Å². The second-order valence-corrected chi connectivity index (χ2v) is 6.25. The van der Waals surface area contributed by atoms with Gasteiger partial charge in [-0.1, -0.05) is 12.2 Å². The number of aromatic nitrogens is 2. The van der Waals surface area contributed by atoms with Crippen molar-refractivity contribution in [1.29, 1.82) is 0 Å². The molecule has 1 fully saturated rings. The Kier molecular flexibility index (Phi) is 4.25. The highest BCUT2D eigenvalue weighted by Crippen LogP contribution is 2.27. The summed E-state index contributed by atoms with van der Waals surface area (Å²) in [6.45, 7) is 7.33. The van der Waals surface area contributed by atoms with E-state index in [1.165, 1.54) is 0 Å². The van der Waals surface area contributed by atoms with E-state index in [9.17, 15) is 5.11 Å². The first kappa shape index (κ1) is 15.1. The summed E-state index contributed by atoms with van der Waals surface area (Å²) in [5.41, 5.74) is 7.91. The summed E-state index contributed by atoms with van der Waals surface area (Å²) in [6, 6.07) is 0. The summed E-state index contributed by atoms with van der Waals surface area (Å²) in [5, 5.41) is 18.7. The number of thiocarbonyl (C=S) groups is 1. The Hall–Kier alpha value is -1.27. The van der Waals surface area contributed by atoms with E-state index in [-0.39, 0.29) is 0 Å². The summed E-state index contributed by atoms with van der Waals surface area (Å²) >= 11 is 5.18. The molecule has 1 saturated heterocycles. The van der Waals surface area contributed by atoms with Crippen LogP contribution in [0.2, 0.25) is 0 Å². The number of nitrogens with zero attached hydrogens (tertiary/aromatic N) is 3. The van der Waals surface area contributed by atoms with Crippen LogP contribution in [0.4, 0.5) is 5.82 Å². The van der Waals surface area contributed by atoms with Gasteiger partial charge in [-0.2, -0.15) is 5.10 Å². The van der Waals surface area contributed by atoms with E-state index in [0.29, 0.717) is 11.4 Å². The summed E-state index contributed by atoms with van der Waals surface area (Å²) in [5.74, 6) is 0.748. The lowest BCUT2D eigenvalue weighted by Gasteiger charge is -2.25. The average Bonchev–Trinajstić information content (AvgIpc) is 2.53. The van der Waals surface area contributed by atoms with E-state index in [4.69, 9.17) is 18.0 Å². The number of aryl methyl sites for hydroxylation is 1. The number of hydrogen-bond donors (Lipinski definition) is 2. The smallest absolute Gasteiger partial charge is 0.161 e. The SMILES string of the molecule is Cc1nnc(N2CCCC(C)(O)CC2)c(C(N)=S)c1C. The maximum Gasteiger partial charge on any atom is 0.161 e. The zero-order valence-electron chi connectivity index (χ0n) is 12.3. The van der Waals surface area contributed by atoms with Crippen molar-refractivity contribution in [3.05, 3.63) is 16.8 Å². The Morgan fingerprint density at radius 2 is 2.00 bits per heavy atom. The molecule has 0 radical (unpaired) electrons. The number of hydrogen-bond acceptors (Lipinski definition) is 5. The van der Waals surface area contributed by atoms with Crippen LogP contribution in [0.15, 0.2) is 0 Å².